The number of benzene rings is 1. The van der Waals surface area contributed by atoms with Crippen LogP contribution in [0.5, 0.6) is 11.6 Å². The minimum Gasteiger partial charge on any atom is -0.484 e. The second-order valence-electron chi connectivity index (χ2n) is 7.06. The molecular weight excluding hydrogens is 380 g/mol. The number of pyridine rings is 1. The Kier molecular flexibility index (Phi) is 4.80. The first-order chi connectivity index (χ1) is 14.8. The molecule has 0 radical (unpaired) electrons. The number of anilines is 1. The van der Waals surface area contributed by atoms with E-state index < -0.39 is 0 Å². The maximum atomic E-state index is 5.79. The Morgan fingerprint density at radius 2 is 1.77 bits per heavy atom. The van der Waals surface area contributed by atoms with Gasteiger partial charge in [0, 0.05) is 48.2 Å². The van der Waals surface area contributed by atoms with Crippen LogP contribution in [0.25, 0.3) is 22.3 Å². The van der Waals surface area contributed by atoms with E-state index in [4.69, 9.17) is 9.47 Å². The minimum atomic E-state index is 0.179. The van der Waals surface area contributed by atoms with E-state index in [0.717, 1.165) is 39.4 Å². The molecule has 3 aromatic heterocycles. The lowest BCUT2D eigenvalue weighted by molar-refractivity contribution is 0.162. The summed E-state index contributed by atoms with van der Waals surface area (Å²) >= 11 is 0. The normalized spacial score (nSPS) is 13.8. The van der Waals surface area contributed by atoms with Crippen LogP contribution in [0, 0.1) is 0 Å². The molecule has 5 rings (SSSR count). The predicted molar refractivity (Wildman–Crippen MR) is 113 cm³/mol. The number of nitrogens with zero attached hydrogens (tertiary/aromatic N) is 5. The molecule has 0 bridgehead atoms. The van der Waals surface area contributed by atoms with Crippen molar-refractivity contribution in [1.82, 2.24) is 24.9 Å². The van der Waals surface area contributed by atoms with Gasteiger partial charge in [0.1, 0.15) is 25.4 Å². The third kappa shape index (κ3) is 3.59. The van der Waals surface area contributed by atoms with E-state index in [0.29, 0.717) is 25.6 Å². The van der Waals surface area contributed by atoms with Gasteiger partial charge in [0.2, 0.25) is 0 Å². The second-order valence-corrected chi connectivity index (χ2v) is 7.06. The van der Waals surface area contributed by atoms with Crippen molar-refractivity contribution in [3.63, 3.8) is 0 Å². The van der Waals surface area contributed by atoms with Crippen LogP contribution in [0.3, 0.4) is 0 Å². The van der Waals surface area contributed by atoms with Crippen molar-refractivity contribution in [2.45, 2.75) is 12.8 Å². The highest BCUT2D eigenvalue weighted by Crippen LogP contribution is 2.35. The van der Waals surface area contributed by atoms with Crippen molar-refractivity contribution in [2.75, 3.05) is 25.1 Å². The lowest BCUT2D eigenvalue weighted by Gasteiger charge is -2.22. The first-order valence-electron chi connectivity index (χ1n) is 9.79. The molecule has 1 unspecified atom stereocenters. The van der Waals surface area contributed by atoms with Crippen molar-refractivity contribution >= 4 is 16.9 Å². The number of fused-ring (bicyclic) bond motifs is 2. The van der Waals surface area contributed by atoms with Crippen molar-refractivity contribution in [2.24, 2.45) is 0 Å². The van der Waals surface area contributed by atoms with Crippen LogP contribution >= 0.6 is 0 Å². The molecule has 0 fully saturated rings. The molecule has 0 amide bonds. The molecule has 1 aliphatic rings. The van der Waals surface area contributed by atoms with Gasteiger partial charge in [0.15, 0.2) is 5.75 Å². The topological polar surface area (TPSA) is 94.9 Å². The van der Waals surface area contributed by atoms with E-state index >= 15 is 0 Å². The zero-order chi connectivity index (χ0) is 20.3. The Balaban J connectivity index is 1.34. The van der Waals surface area contributed by atoms with E-state index in [1.807, 2.05) is 30.3 Å². The van der Waals surface area contributed by atoms with Crippen LogP contribution < -0.4 is 14.8 Å². The number of hydrogen-bond donors (Lipinski definition) is 1. The Morgan fingerprint density at radius 1 is 0.900 bits per heavy atom. The molecule has 0 saturated carbocycles. The first-order valence-corrected chi connectivity index (χ1v) is 9.79. The number of rotatable bonds is 5. The first kappa shape index (κ1) is 18.2. The molecule has 4 aromatic rings. The fraction of sp³-hybridized carbons (Fsp3) is 0.227. The van der Waals surface area contributed by atoms with Crippen molar-refractivity contribution in [3.05, 3.63) is 60.8 Å². The molecule has 0 saturated heterocycles. The second kappa shape index (κ2) is 7.90. The third-order valence-corrected chi connectivity index (χ3v) is 5.02. The summed E-state index contributed by atoms with van der Waals surface area (Å²) < 4.78 is 11.4. The third-order valence-electron chi connectivity index (χ3n) is 5.02. The summed E-state index contributed by atoms with van der Waals surface area (Å²) in [5.41, 5.74) is 4.55. The molecule has 150 valence electrons. The van der Waals surface area contributed by atoms with Crippen LogP contribution in [-0.4, -0.2) is 44.7 Å². The van der Waals surface area contributed by atoms with Gasteiger partial charge < -0.3 is 14.8 Å². The zero-order valence-corrected chi connectivity index (χ0v) is 16.4. The van der Waals surface area contributed by atoms with E-state index in [-0.39, 0.29) is 5.92 Å². The average molecular weight is 400 g/mol. The molecule has 8 heteroatoms. The smallest absolute Gasteiger partial charge is 0.257 e. The van der Waals surface area contributed by atoms with Gasteiger partial charge in [-0.1, -0.05) is 13.0 Å². The largest absolute Gasteiger partial charge is 0.484 e. The van der Waals surface area contributed by atoms with Gasteiger partial charge in [-0.3, -0.25) is 9.97 Å². The SMILES string of the molecule is CC(CNc1cc(-c2ccc3nccnc3c2)ncn1)c1ccnc2c1OCCO2. The number of aromatic nitrogens is 5. The Morgan fingerprint density at radius 3 is 2.70 bits per heavy atom. The molecule has 1 aliphatic heterocycles. The molecule has 1 atom stereocenters. The number of ether oxygens (including phenoxy) is 2. The monoisotopic (exact) mass is 400 g/mol. The Hall–Kier alpha value is -3.81. The van der Waals surface area contributed by atoms with Crippen molar-refractivity contribution < 1.29 is 9.47 Å². The standard InChI is InChI=1S/C22H20N6O2/c1-14(16-4-5-25-22-21(16)29-8-9-30-22)12-26-20-11-18(27-13-28-20)15-2-3-17-19(10-15)24-7-6-23-17/h2-7,10-11,13-14H,8-9,12H2,1H3,(H,26,27,28). The van der Waals surface area contributed by atoms with Gasteiger partial charge in [-0.05, 0) is 18.2 Å². The van der Waals surface area contributed by atoms with Crippen molar-refractivity contribution in [3.8, 4) is 22.9 Å². The van der Waals surface area contributed by atoms with E-state index in [9.17, 15) is 0 Å². The van der Waals surface area contributed by atoms with Crippen LogP contribution in [-0.2, 0) is 0 Å². The van der Waals surface area contributed by atoms with Gasteiger partial charge in [0.05, 0.1) is 16.7 Å². The van der Waals surface area contributed by atoms with E-state index in [1.165, 1.54) is 0 Å². The van der Waals surface area contributed by atoms with Crippen LogP contribution in [0.15, 0.2) is 55.2 Å². The molecule has 1 N–H and O–H groups in total. The molecule has 1 aromatic carbocycles. The summed E-state index contributed by atoms with van der Waals surface area (Å²) in [7, 11) is 0. The van der Waals surface area contributed by atoms with Gasteiger partial charge in [-0.15, -0.1) is 0 Å². The molecular formula is C22H20N6O2. The summed E-state index contributed by atoms with van der Waals surface area (Å²) in [6.45, 7) is 3.88. The number of nitrogens with one attached hydrogen (secondary N) is 1. The van der Waals surface area contributed by atoms with Gasteiger partial charge in [-0.2, -0.15) is 0 Å². The lowest BCUT2D eigenvalue weighted by Crippen LogP contribution is -2.19. The summed E-state index contributed by atoms with van der Waals surface area (Å²) in [4.78, 5) is 21.7. The average Bonchev–Trinajstić information content (AvgIpc) is 2.82. The quantitative estimate of drug-likeness (QED) is 0.544. The van der Waals surface area contributed by atoms with E-state index in [2.05, 4.69) is 37.2 Å². The Labute approximate surface area is 173 Å². The van der Waals surface area contributed by atoms with Crippen molar-refractivity contribution in [1.29, 1.82) is 0 Å². The Bertz CT molecular complexity index is 1200. The summed E-state index contributed by atoms with van der Waals surface area (Å²) in [5.74, 6) is 2.23. The fourth-order valence-corrected chi connectivity index (χ4v) is 3.46. The maximum absolute atomic E-state index is 5.79. The van der Waals surface area contributed by atoms with Gasteiger partial charge >= 0.3 is 0 Å². The van der Waals surface area contributed by atoms with Crippen LogP contribution in [0.1, 0.15) is 18.4 Å². The predicted octanol–water partition coefficient (Wildman–Crippen LogP) is 3.47. The number of hydrogen-bond acceptors (Lipinski definition) is 8. The minimum absolute atomic E-state index is 0.179. The molecule has 8 nitrogen and oxygen atoms in total. The van der Waals surface area contributed by atoms with Gasteiger partial charge in [-0.25, -0.2) is 15.0 Å². The maximum Gasteiger partial charge on any atom is 0.257 e. The lowest BCUT2D eigenvalue weighted by atomic mass is 10.0. The highest BCUT2D eigenvalue weighted by Gasteiger charge is 2.20. The summed E-state index contributed by atoms with van der Waals surface area (Å²) in [5, 5.41) is 3.40. The highest BCUT2D eigenvalue weighted by molar-refractivity contribution is 5.80. The van der Waals surface area contributed by atoms with E-state index in [1.54, 1.807) is 24.9 Å². The van der Waals surface area contributed by atoms with Gasteiger partial charge in [0.25, 0.3) is 5.88 Å². The summed E-state index contributed by atoms with van der Waals surface area (Å²) in [6, 6.07) is 9.83. The molecule has 0 aliphatic carbocycles. The highest BCUT2D eigenvalue weighted by atomic mass is 16.6. The van der Waals surface area contributed by atoms with Crippen LogP contribution in [0.2, 0.25) is 0 Å². The molecule has 4 heterocycles. The summed E-state index contributed by atoms with van der Waals surface area (Å²) in [6.07, 6.45) is 6.69. The molecule has 0 spiro atoms. The molecule has 30 heavy (non-hydrogen) atoms. The zero-order valence-electron chi connectivity index (χ0n) is 16.4. The fourth-order valence-electron chi connectivity index (χ4n) is 3.46. The van der Waals surface area contributed by atoms with Crippen LogP contribution in [0.4, 0.5) is 5.82 Å².